The quantitative estimate of drug-likeness (QED) is 0.277. The lowest BCUT2D eigenvalue weighted by Crippen LogP contribution is -2.34. The smallest absolute Gasteiger partial charge is 0.253 e. The van der Waals surface area contributed by atoms with E-state index in [9.17, 15) is 9.59 Å². The Morgan fingerprint density at radius 2 is 1.97 bits per heavy atom. The van der Waals surface area contributed by atoms with E-state index >= 15 is 0 Å². The van der Waals surface area contributed by atoms with E-state index < -0.39 is 6.04 Å². The van der Waals surface area contributed by atoms with Gasteiger partial charge >= 0.3 is 0 Å². The molecule has 35 heavy (non-hydrogen) atoms. The molecule has 184 valence electrons. The number of methoxy groups -OCH3 is 1. The van der Waals surface area contributed by atoms with Crippen molar-refractivity contribution >= 4 is 40.9 Å². The highest BCUT2D eigenvalue weighted by Crippen LogP contribution is 2.27. The Morgan fingerprint density at radius 3 is 2.66 bits per heavy atom. The van der Waals surface area contributed by atoms with E-state index in [-0.39, 0.29) is 23.5 Å². The first-order valence-electron chi connectivity index (χ1n) is 11.0. The van der Waals surface area contributed by atoms with Gasteiger partial charge in [0.25, 0.3) is 5.91 Å². The number of halogens is 1. The van der Waals surface area contributed by atoms with Crippen molar-refractivity contribution in [3.8, 4) is 5.75 Å². The van der Waals surface area contributed by atoms with Crippen LogP contribution >= 0.6 is 23.4 Å². The summed E-state index contributed by atoms with van der Waals surface area (Å²) in [5, 5.41) is 15.5. The fraction of sp³-hybridized carbons (Fsp3) is 0.280. The second-order valence-corrected chi connectivity index (χ2v) is 9.33. The van der Waals surface area contributed by atoms with Gasteiger partial charge < -0.3 is 19.9 Å². The predicted octanol–water partition coefficient (Wildman–Crippen LogP) is 4.98. The van der Waals surface area contributed by atoms with Gasteiger partial charge in [-0.05, 0) is 30.2 Å². The zero-order valence-corrected chi connectivity index (χ0v) is 21.4. The molecule has 2 amide bonds. The summed E-state index contributed by atoms with van der Waals surface area (Å²) in [7, 11) is 1.57. The van der Waals surface area contributed by atoms with Gasteiger partial charge in [0.05, 0.1) is 29.5 Å². The number of carbonyl (C=O) groups excluding carboxylic acids is 2. The number of ether oxygens (including phenoxy) is 1. The van der Waals surface area contributed by atoms with Gasteiger partial charge in [0.15, 0.2) is 11.0 Å². The van der Waals surface area contributed by atoms with Crippen molar-refractivity contribution in [2.24, 2.45) is 5.92 Å². The fourth-order valence-corrected chi connectivity index (χ4v) is 4.34. The Morgan fingerprint density at radius 1 is 1.20 bits per heavy atom. The van der Waals surface area contributed by atoms with Crippen LogP contribution in [0.2, 0.25) is 5.02 Å². The molecule has 0 aliphatic rings. The summed E-state index contributed by atoms with van der Waals surface area (Å²) in [6.07, 6.45) is 1.72. The molecule has 0 spiro atoms. The summed E-state index contributed by atoms with van der Waals surface area (Å²) < 4.78 is 7.05. The van der Waals surface area contributed by atoms with Crippen molar-refractivity contribution in [2.75, 3.05) is 18.2 Å². The molecule has 1 atom stereocenters. The van der Waals surface area contributed by atoms with Crippen molar-refractivity contribution < 1.29 is 14.3 Å². The molecule has 0 unspecified atom stereocenters. The van der Waals surface area contributed by atoms with Crippen LogP contribution in [0.1, 0.15) is 36.1 Å². The average Bonchev–Trinajstić information content (AvgIpc) is 3.23. The largest absolute Gasteiger partial charge is 0.497 e. The molecule has 2 N–H and O–H groups in total. The molecule has 1 heterocycles. The molecule has 3 aromatic rings. The molecule has 0 saturated heterocycles. The second kappa shape index (κ2) is 12.4. The number of benzene rings is 2. The van der Waals surface area contributed by atoms with Gasteiger partial charge in [-0.1, -0.05) is 61.5 Å². The number of thioether (sulfide) groups is 1. The summed E-state index contributed by atoms with van der Waals surface area (Å²) in [4.78, 5) is 25.4. The minimum Gasteiger partial charge on any atom is -0.497 e. The number of hydrogen-bond donors (Lipinski definition) is 2. The highest BCUT2D eigenvalue weighted by Gasteiger charge is 2.27. The number of aromatic nitrogens is 3. The van der Waals surface area contributed by atoms with E-state index in [1.165, 1.54) is 11.8 Å². The van der Waals surface area contributed by atoms with E-state index in [4.69, 9.17) is 16.3 Å². The maximum absolute atomic E-state index is 12.9. The van der Waals surface area contributed by atoms with Gasteiger partial charge in [-0.3, -0.25) is 9.59 Å². The van der Waals surface area contributed by atoms with E-state index in [1.807, 2.05) is 18.4 Å². The predicted molar refractivity (Wildman–Crippen MR) is 139 cm³/mol. The molecule has 0 aliphatic heterocycles. The zero-order valence-electron chi connectivity index (χ0n) is 19.8. The van der Waals surface area contributed by atoms with Crippen molar-refractivity contribution in [1.82, 2.24) is 20.1 Å². The summed E-state index contributed by atoms with van der Waals surface area (Å²) in [6.45, 7) is 8.22. The van der Waals surface area contributed by atoms with Crippen LogP contribution in [0.3, 0.4) is 0 Å². The number of rotatable bonds is 11. The first kappa shape index (κ1) is 26.3. The average molecular weight is 514 g/mol. The molecule has 3 rings (SSSR count). The topological polar surface area (TPSA) is 98.1 Å². The summed E-state index contributed by atoms with van der Waals surface area (Å²) in [5.74, 6) is 0.897. The van der Waals surface area contributed by atoms with Crippen molar-refractivity contribution in [1.29, 1.82) is 0 Å². The molecule has 8 nitrogen and oxygen atoms in total. The number of hydrogen-bond acceptors (Lipinski definition) is 6. The second-order valence-electron chi connectivity index (χ2n) is 7.98. The Labute approximate surface area is 214 Å². The van der Waals surface area contributed by atoms with Gasteiger partial charge in [0.1, 0.15) is 5.75 Å². The molecule has 2 aromatic carbocycles. The van der Waals surface area contributed by atoms with E-state index in [2.05, 4.69) is 27.4 Å². The molecule has 0 saturated carbocycles. The maximum atomic E-state index is 12.9. The van der Waals surface area contributed by atoms with E-state index in [1.54, 1.807) is 61.7 Å². The number of allylic oxidation sites excluding steroid dienone is 1. The standard InChI is InChI=1S/C25H28ClN5O3S/c1-5-13-31-23(22(16(2)3)28-24(33)19-11-6-7-12-20(19)26)29-30-25(31)35-15-21(32)27-17-9-8-10-18(14-17)34-4/h5-12,14,16,22H,1,13,15H2,2-4H3,(H,27,32)(H,28,33)/t22-/m0/s1. The van der Waals surface area contributed by atoms with Crippen LogP contribution in [-0.4, -0.2) is 39.4 Å². The molecule has 0 fully saturated rings. The van der Waals surface area contributed by atoms with Crippen LogP contribution in [0.5, 0.6) is 5.75 Å². The van der Waals surface area contributed by atoms with Gasteiger partial charge in [-0.15, -0.1) is 16.8 Å². The van der Waals surface area contributed by atoms with Gasteiger partial charge in [0, 0.05) is 18.3 Å². The monoisotopic (exact) mass is 513 g/mol. The van der Waals surface area contributed by atoms with Crippen LogP contribution < -0.4 is 15.4 Å². The van der Waals surface area contributed by atoms with Crippen LogP contribution in [0, 0.1) is 5.92 Å². The summed E-state index contributed by atoms with van der Waals surface area (Å²) >= 11 is 7.46. The van der Waals surface area contributed by atoms with Crippen LogP contribution in [-0.2, 0) is 11.3 Å². The molecular formula is C25H28ClN5O3S. The van der Waals surface area contributed by atoms with Crippen molar-refractivity contribution in [3.63, 3.8) is 0 Å². The molecule has 0 radical (unpaired) electrons. The number of nitrogens with zero attached hydrogens (tertiary/aromatic N) is 3. The first-order chi connectivity index (χ1) is 16.8. The molecule has 0 aliphatic carbocycles. The molecular weight excluding hydrogens is 486 g/mol. The van der Waals surface area contributed by atoms with Crippen molar-refractivity contribution in [3.05, 3.63) is 77.6 Å². The highest BCUT2D eigenvalue weighted by molar-refractivity contribution is 7.99. The Balaban J connectivity index is 1.75. The van der Waals surface area contributed by atoms with E-state index in [0.717, 1.165) is 0 Å². The van der Waals surface area contributed by atoms with Gasteiger partial charge in [-0.2, -0.15) is 0 Å². The fourth-order valence-electron chi connectivity index (χ4n) is 3.36. The third-order valence-corrected chi connectivity index (χ3v) is 6.39. The number of carbonyl (C=O) groups is 2. The lowest BCUT2D eigenvalue weighted by atomic mass is 10.0. The minimum atomic E-state index is -0.425. The Kier molecular flexibility index (Phi) is 9.33. The molecule has 0 bridgehead atoms. The third-order valence-electron chi connectivity index (χ3n) is 5.09. The molecule has 10 heteroatoms. The molecule has 1 aromatic heterocycles. The lowest BCUT2D eigenvalue weighted by molar-refractivity contribution is -0.113. The maximum Gasteiger partial charge on any atom is 0.253 e. The summed E-state index contributed by atoms with van der Waals surface area (Å²) in [6, 6.07) is 13.6. The highest BCUT2D eigenvalue weighted by atomic mass is 35.5. The first-order valence-corrected chi connectivity index (χ1v) is 12.4. The third kappa shape index (κ3) is 6.86. The Bertz CT molecular complexity index is 1200. The SMILES string of the molecule is C=CCn1c(SCC(=O)Nc2cccc(OC)c2)nnc1[C@@H](NC(=O)c1ccccc1Cl)C(C)C. The van der Waals surface area contributed by atoms with Gasteiger partial charge in [0.2, 0.25) is 5.91 Å². The van der Waals surface area contributed by atoms with Crippen molar-refractivity contribution in [2.45, 2.75) is 31.6 Å². The van der Waals surface area contributed by atoms with Gasteiger partial charge in [-0.25, -0.2) is 0 Å². The van der Waals surface area contributed by atoms with Crippen LogP contribution in [0.15, 0.2) is 66.3 Å². The normalized spacial score (nSPS) is 11.7. The van der Waals surface area contributed by atoms with E-state index in [0.29, 0.717) is 39.5 Å². The number of nitrogens with one attached hydrogen (secondary N) is 2. The summed E-state index contributed by atoms with van der Waals surface area (Å²) in [5.41, 5.74) is 1.03. The Hall–Kier alpha value is -3.30. The van der Waals surface area contributed by atoms with Crippen LogP contribution in [0.25, 0.3) is 0 Å². The van der Waals surface area contributed by atoms with Crippen LogP contribution in [0.4, 0.5) is 5.69 Å². The number of amides is 2. The number of anilines is 1. The zero-order chi connectivity index (χ0) is 25.4. The minimum absolute atomic E-state index is 0.0170. The lowest BCUT2D eigenvalue weighted by Gasteiger charge is -2.23.